The van der Waals surface area contributed by atoms with Crippen molar-refractivity contribution in [3.63, 3.8) is 0 Å². The Kier molecular flexibility index (Phi) is 7.48. The van der Waals surface area contributed by atoms with Crippen molar-refractivity contribution in [3.05, 3.63) is 101 Å². The Labute approximate surface area is 204 Å². The summed E-state index contributed by atoms with van der Waals surface area (Å²) < 4.78 is 16.4. The molecule has 3 aromatic rings. The van der Waals surface area contributed by atoms with Crippen LogP contribution in [0.2, 0.25) is 0 Å². The van der Waals surface area contributed by atoms with Crippen LogP contribution in [0.1, 0.15) is 22.7 Å². The molecule has 1 atom stereocenters. The molecule has 1 N–H and O–H groups in total. The predicted molar refractivity (Wildman–Crippen MR) is 131 cm³/mol. The molecular weight excluding hydrogens is 446 g/mol. The Morgan fingerprint density at radius 2 is 1.60 bits per heavy atom. The number of likely N-dealkylation sites (tertiary alicyclic amines) is 1. The van der Waals surface area contributed by atoms with Crippen molar-refractivity contribution in [2.45, 2.75) is 12.6 Å². The summed E-state index contributed by atoms with van der Waals surface area (Å²) in [5.41, 5.74) is 2.06. The van der Waals surface area contributed by atoms with Gasteiger partial charge in [0.1, 0.15) is 23.9 Å². The quantitative estimate of drug-likeness (QED) is 0.283. The predicted octanol–water partition coefficient (Wildman–Crippen LogP) is 4.34. The number of methoxy groups -OCH3 is 2. The van der Waals surface area contributed by atoms with Gasteiger partial charge in [0.25, 0.3) is 11.7 Å². The zero-order valence-corrected chi connectivity index (χ0v) is 19.6. The lowest BCUT2D eigenvalue weighted by Crippen LogP contribution is -2.32. The van der Waals surface area contributed by atoms with Gasteiger partial charge < -0.3 is 24.2 Å². The normalized spacial score (nSPS) is 17.0. The van der Waals surface area contributed by atoms with Gasteiger partial charge in [0.2, 0.25) is 0 Å². The monoisotopic (exact) mass is 473 g/mol. The Bertz CT molecular complexity index is 1220. The molecular formula is C28H27NO6. The van der Waals surface area contributed by atoms with Crippen LogP contribution in [0.3, 0.4) is 0 Å². The molecule has 0 aliphatic carbocycles. The van der Waals surface area contributed by atoms with Gasteiger partial charge in [0.05, 0.1) is 30.9 Å². The van der Waals surface area contributed by atoms with E-state index >= 15 is 0 Å². The summed E-state index contributed by atoms with van der Waals surface area (Å²) in [6.45, 7) is 0.859. The van der Waals surface area contributed by atoms with Crippen LogP contribution in [0.5, 0.6) is 11.5 Å². The van der Waals surface area contributed by atoms with Gasteiger partial charge in [-0.25, -0.2) is 0 Å². The summed E-state index contributed by atoms with van der Waals surface area (Å²) in [5, 5.41) is 11.2. The molecule has 35 heavy (non-hydrogen) atoms. The van der Waals surface area contributed by atoms with E-state index in [1.54, 1.807) is 48.5 Å². The maximum atomic E-state index is 13.1. The number of ketones is 1. The molecule has 0 aromatic heterocycles. The number of amides is 1. The van der Waals surface area contributed by atoms with Gasteiger partial charge in [-0.3, -0.25) is 9.59 Å². The first kappa shape index (κ1) is 24.0. The zero-order chi connectivity index (χ0) is 24.8. The second-order valence-corrected chi connectivity index (χ2v) is 8.03. The highest BCUT2D eigenvalue weighted by Crippen LogP contribution is 2.41. The van der Waals surface area contributed by atoms with Crippen molar-refractivity contribution in [2.24, 2.45) is 0 Å². The molecule has 0 spiro atoms. The maximum absolute atomic E-state index is 13.1. The molecule has 180 valence electrons. The number of hydrogen-bond donors (Lipinski definition) is 1. The van der Waals surface area contributed by atoms with Crippen LogP contribution in [0.4, 0.5) is 0 Å². The minimum atomic E-state index is -0.779. The number of carbonyl (C=O) groups is 2. The average Bonchev–Trinajstić information content (AvgIpc) is 3.16. The average molecular weight is 474 g/mol. The second-order valence-electron chi connectivity index (χ2n) is 8.03. The molecule has 1 unspecified atom stereocenters. The number of carbonyl (C=O) groups excluding carboxylic acids is 2. The van der Waals surface area contributed by atoms with Crippen LogP contribution in [-0.2, 0) is 20.9 Å². The summed E-state index contributed by atoms with van der Waals surface area (Å²) in [4.78, 5) is 27.5. The number of hydrogen-bond acceptors (Lipinski definition) is 6. The molecule has 0 radical (unpaired) electrons. The van der Waals surface area contributed by atoms with E-state index < -0.39 is 17.7 Å². The molecule has 1 fully saturated rings. The highest BCUT2D eigenvalue weighted by Gasteiger charge is 2.46. The van der Waals surface area contributed by atoms with Gasteiger partial charge in [-0.1, -0.05) is 54.6 Å². The Morgan fingerprint density at radius 1 is 0.914 bits per heavy atom. The number of benzene rings is 3. The first-order valence-corrected chi connectivity index (χ1v) is 11.2. The van der Waals surface area contributed by atoms with Gasteiger partial charge in [0.15, 0.2) is 0 Å². The number of rotatable bonds is 9. The lowest BCUT2D eigenvalue weighted by atomic mass is 9.95. The van der Waals surface area contributed by atoms with Crippen molar-refractivity contribution >= 4 is 17.4 Å². The van der Waals surface area contributed by atoms with Crippen LogP contribution in [0.25, 0.3) is 5.76 Å². The third kappa shape index (κ3) is 5.05. The van der Waals surface area contributed by atoms with Crippen LogP contribution < -0.4 is 9.47 Å². The van der Waals surface area contributed by atoms with Crippen LogP contribution in [0.15, 0.2) is 84.4 Å². The fourth-order valence-electron chi connectivity index (χ4n) is 4.12. The third-order valence-corrected chi connectivity index (χ3v) is 5.88. The zero-order valence-electron chi connectivity index (χ0n) is 19.6. The van der Waals surface area contributed by atoms with E-state index in [1.807, 2.05) is 30.3 Å². The number of ether oxygens (including phenoxy) is 3. The Balaban J connectivity index is 1.70. The SMILES string of the molecule is COCCN1C(=O)C(=O)/C(=C(\O)c2ccccc2OC)C1c1ccc(OCc2ccccc2)cc1. The van der Waals surface area contributed by atoms with Crippen molar-refractivity contribution in [2.75, 3.05) is 27.4 Å². The molecule has 1 aliphatic rings. The number of Topliss-reactive ketones (excluding diaryl/α,β-unsaturated/α-hetero) is 1. The summed E-state index contributed by atoms with van der Waals surface area (Å²) in [6, 6.07) is 23.0. The molecule has 0 saturated carbocycles. The fourth-order valence-corrected chi connectivity index (χ4v) is 4.12. The summed E-state index contributed by atoms with van der Waals surface area (Å²) in [7, 11) is 3.01. The van der Waals surface area contributed by atoms with Gasteiger partial charge in [0, 0.05) is 13.7 Å². The maximum Gasteiger partial charge on any atom is 0.295 e. The second kappa shape index (κ2) is 10.9. The van der Waals surface area contributed by atoms with Crippen molar-refractivity contribution in [1.29, 1.82) is 0 Å². The van der Waals surface area contributed by atoms with E-state index in [2.05, 4.69) is 0 Å². The van der Waals surface area contributed by atoms with Gasteiger partial charge >= 0.3 is 0 Å². The summed E-state index contributed by atoms with van der Waals surface area (Å²) in [6.07, 6.45) is 0. The van der Waals surface area contributed by atoms with E-state index in [-0.39, 0.29) is 24.5 Å². The van der Waals surface area contributed by atoms with E-state index in [0.29, 0.717) is 29.2 Å². The Hall–Kier alpha value is -4.10. The van der Waals surface area contributed by atoms with E-state index in [0.717, 1.165) is 5.56 Å². The molecule has 4 rings (SSSR count). The van der Waals surface area contributed by atoms with E-state index in [1.165, 1.54) is 19.1 Å². The lowest BCUT2D eigenvalue weighted by Gasteiger charge is -2.25. The van der Waals surface area contributed by atoms with Gasteiger partial charge in [-0.05, 0) is 35.4 Å². The number of aliphatic hydroxyl groups is 1. The Morgan fingerprint density at radius 3 is 2.29 bits per heavy atom. The van der Waals surface area contributed by atoms with Crippen molar-refractivity contribution < 1.29 is 28.9 Å². The molecule has 3 aromatic carbocycles. The van der Waals surface area contributed by atoms with Gasteiger partial charge in [-0.15, -0.1) is 0 Å². The highest BCUT2D eigenvalue weighted by atomic mass is 16.5. The molecule has 7 heteroatoms. The highest BCUT2D eigenvalue weighted by molar-refractivity contribution is 6.46. The topological polar surface area (TPSA) is 85.3 Å². The van der Waals surface area contributed by atoms with Gasteiger partial charge in [-0.2, -0.15) is 0 Å². The standard InChI is InChI=1S/C28H27NO6/c1-33-17-16-29-25(20-12-14-21(15-13-20)35-18-19-8-4-3-5-9-19)24(27(31)28(29)32)26(30)22-10-6-7-11-23(22)34-2/h3-15,25,30H,16-18H2,1-2H3/b26-24-. The summed E-state index contributed by atoms with van der Waals surface area (Å²) in [5.74, 6) is -0.672. The molecule has 7 nitrogen and oxygen atoms in total. The largest absolute Gasteiger partial charge is 0.507 e. The molecule has 1 aliphatic heterocycles. The van der Waals surface area contributed by atoms with Crippen LogP contribution >= 0.6 is 0 Å². The molecule has 0 bridgehead atoms. The fraction of sp³-hybridized carbons (Fsp3) is 0.214. The van der Waals surface area contributed by atoms with E-state index in [4.69, 9.17) is 14.2 Å². The molecule has 1 heterocycles. The van der Waals surface area contributed by atoms with Crippen molar-refractivity contribution in [1.82, 2.24) is 4.90 Å². The minimum absolute atomic E-state index is 0.00792. The number of para-hydroxylation sites is 1. The third-order valence-electron chi connectivity index (χ3n) is 5.88. The first-order valence-electron chi connectivity index (χ1n) is 11.2. The smallest absolute Gasteiger partial charge is 0.295 e. The minimum Gasteiger partial charge on any atom is -0.507 e. The lowest BCUT2D eigenvalue weighted by molar-refractivity contribution is -0.140. The molecule has 1 amide bonds. The number of nitrogens with zero attached hydrogens (tertiary/aromatic N) is 1. The van der Waals surface area contributed by atoms with Crippen LogP contribution in [0, 0.1) is 0 Å². The summed E-state index contributed by atoms with van der Waals surface area (Å²) >= 11 is 0. The molecule has 1 saturated heterocycles. The number of aliphatic hydroxyl groups excluding tert-OH is 1. The van der Waals surface area contributed by atoms with Crippen molar-refractivity contribution in [3.8, 4) is 11.5 Å². The van der Waals surface area contributed by atoms with Crippen LogP contribution in [-0.4, -0.2) is 49.1 Å². The first-order chi connectivity index (χ1) is 17.0. The van der Waals surface area contributed by atoms with E-state index in [9.17, 15) is 14.7 Å².